The van der Waals surface area contributed by atoms with E-state index < -0.39 is 5.41 Å². The van der Waals surface area contributed by atoms with Gasteiger partial charge in [-0.05, 0) is 18.3 Å². The zero-order valence-corrected chi connectivity index (χ0v) is 12.2. The van der Waals surface area contributed by atoms with Gasteiger partial charge in [-0.3, -0.25) is 9.59 Å². The van der Waals surface area contributed by atoms with Gasteiger partial charge in [-0.25, -0.2) is 0 Å². The third-order valence-electron chi connectivity index (χ3n) is 3.30. The van der Waals surface area contributed by atoms with Crippen LogP contribution in [0.25, 0.3) is 0 Å². The van der Waals surface area contributed by atoms with Crippen molar-refractivity contribution in [3.63, 3.8) is 0 Å². The number of piperidine rings is 1. The fourth-order valence-corrected chi connectivity index (χ4v) is 2.40. The molecule has 0 aromatic carbocycles. The molecule has 1 heterocycles. The monoisotopic (exact) mass is 254 g/mol. The Balaban J connectivity index is 2.44. The average molecular weight is 254 g/mol. The minimum atomic E-state index is -0.442. The van der Waals surface area contributed by atoms with Gasteiger partial charge in [-0.2, -0.15) is 0 Å². The Morgan fingerprint density at radius 1 is 1.17 bits per heavy atom. The highest BCUT2D eigenvalue weighted by Gasteiger charge is 2.27. The van der Waals surface area contributed by atoms with Crippen molar-refractivity contribution in [3.05, 3.63) is 0 Å². The van der Waals surface area contributed by atoms with Gasteiger partial charge in [0.15, 0.2) is 0 Å². The Labute approximate surface area is 110 Å². The fraction of sp³-hybridized carbons (Fsp3) is 0.857. The van der Waals surface area contributed by atoms with Crippen molar-refractivity contribution in [1.29, 1.82) is 0 Å². The second kappa shape index (κ2) is 5.72. The van der Waals surface area contributed by atoms with Gasteiger partial charge in [0.25, 0.3) is 0 Å². The van der Waals surface area contributed by atoms with Crippen molar-refractivity contribution in [2.24, 2.45) is 17.3 Å². The standard InChI is InChI=1S/C14H26N2O2/c1-10-6-11(2)9-16(8-10)12(17)7-15-13(18)14(3,4)5/h10-11H,6-9H2,1-5H3,(H,15,18). The average Bonchev–Trinajstić information content (AvgIpc) is 2.22. The predicted molar refractivity (Wildman–Crippen MR) is 72.0 cm³/mol. The quantitative estimate of drug-likeness (QED) is 0.814. The number of carbonyl (C=O) groups excluding carboxylic acids is 2. The molecule has 0 aliphatic carbocycles. The fourth-order valence-electron chi connectivity index (χ4n) is 2.40. The first-order valence-corrected chi connectivity index (χ1v) is 6.76. The predicted octanol–water partition coefficient (Wildman–Crippen LogP) is 1.65. The molecule has 0 aromatic heterocycles. The van der Waals surface area contributed by atoms with E-state index in [2.05, 4.69) is 19.2 Å². The molecular formula is C14H26N2O2. The second-order valence-electron chi connectivity index (χ2n) is 6.68. The van der Waals surface area contributed by atoms with Crippen LogP contribution < -0.4 is 5.32 Å². The van der Waals surface area contributed by atoms with E-state index in [0.29, 0.717) is 11.8 Å². The molecule has 2 atom stereocenters. The van der Waals surface area contributed by atoms with Crippen LogP contribution >= 0.6 is 0 Å². The first-order valence-electron chi connectivity index (χ1n) is 6.76. The zero-order chi connectivity index (χ0) is 13.9. The Morgan fingerprint density at radius 3 is 2.11 bits per heavy atom. The van der Waals surface area contributed by atoms with Crippen molar-refractivity contribution >= 4 is 11.8 Å². The van der Waals surface area contributed by atoms with Gasteiger partial charge in [0, 0.05) is 18.5 Å². The zero-order valence-electron chi connectivity index (χ0n) is 12.2. The van der Waals surface area contributed by atoms with Crippen molar-refractivity contribution in [2.45, 2.75) is 41.0 Å². The Kier molecular flexibility index (Phi) is 4.77. The van der Waals surface area contributed by atoms with Crippen LogP contribution in [0.5, 0.6) is 0 Å². The van der Waals surface area contributed by atoms with Gasteiger partial charge in [0.1, 0.15) is 0 Å². The van der Waals surface area contributed by atoms with Crippen LogP contribution in [0.2, 0.25) is 0 Å². The summed E-state index contributed by atoms with van der Waals surface area (Å²) < 4.78 is 0. The molecule has 0 aromatic rings. The second-order valence-corrected chi connectivity index (χ2v) is 6.68. The molecule has 0 saturated carbocycles. The van der Waals surface area contributed by atoms with E-state index in [1.54, 1.807) is 0 Å². The van der Waals surface area contributed by atoms with Crippen LogP contribution in [-0.2, 0) is 9.59 Å². The summed E-state index contributed by atoms with van der Waals surface area (Å²) in [4.78, 5) is 25.6. The maximum absolute atomic E-state index is 12.0. The van der Waals surface area contributed by atoms with Crippen molar-refractivity contribution in [2.75, 3.05) is 19.6 Å². The molecule has 2 unspecified atom stereocenters. The van der Waals surface area contributed by atoms with Crippen molar-refractivity contribution < 1.29 is 9.59 Å². The first-order chi connectivity index (χ1) is 8.20. The molecule has 4 heteroatoms. The van der Waals surface area contributed by atoms with Crippen LogP contribution in [0.15, 0.2) is 0 Å². The van der Waals surface area contributed by atoms with E-state index in [1.165, 1.54) is 6.42 Å². The minimum Gasteiger partial charge on any atom is -0.347 e. The number of nitrogens with zero attached hydrogens (tertiary/aromatic N) is 1. The molecule has 1 aliphatic rings. The van der Waals surface area contributed by atoms with Gasteiger partial charge in [-0.1, -0.05) is 34.6 Å². The molecule has 1 rings (SSSR count). The number of nitrogens with one attached hydrogen (secondary N) is 1. The van der Waals surface area contributed by atoms with Crippen LogP contribution in [0.4, 0.5) is 0 Å². The first kappa shape index (κ1) is 15.0. The van der Waals surface area contributed by atoms with E-state index in [4.69, 9.17) is 0 Å². The molecule has 4 nitrogen and oxygen atoms in total. The Bertz CT molecular complexity index is 310. The van der Waals surface area contributed by atoms with Crippen LogP contribution in [-0.4, -0.2) is 36.3 Å². The van der Waals surface area contributed by atoms with Gasteiger partial charge in [-0.15, -0.1) is 0 Å². The van der Waals surface area contributed by atoms with E-state index in [0.717, 1.165) is 13.1 Å². The summed E-state index contributed by atoms with van der Waals surface area (Å²) in [5.74, 6) is 1.06. The molecule has 104 valence electrons. The lowest BCUT2D eigenvalue weighted by Gasteiger charge is -2.35. The summed E-state index contributed by atoms with van der Waals surface area (Å²) in [5, 5.41) is 2.72. The van der Waals surface area contributed by atoms with Crippen LogP contribution in [0.3, 0.4) is 0 Å². The largest absolute Gasteiger partial charge is 0.347 e. The number of hydrogen-bond donors (Lipinski definition) is 1. The number of hydrogen-bond acceptors (Lipinski definition) is 2. The molecule has 2 amide bonds. The lowest BCUT2D eigenvalue weighted by Crippen LogP contribution is -2.48. The topological polar surface area (TPSA) is 49.4 Å². The van der Waals surface area contributed by atoms with E-state index >= 15 is 0 Å². The maximum atomic E-state index is 12.0. The lowest BCUT2D eigenvalue weighted by atomic mass is 9.92. The molecule has 0 bridgehead atoms. The maximum Gasteiger partial charge on any atom is 0.241 e. The van der Waals surface area contributed by atoms with Gasteiger partial charge in [0.05, 0.1) is 6.54 Å². The third kappa shape index (κ3) is 4.31. The van der Waals surface area contributed by atoms with Gasteiger partial charge in [0.2, 0.25) is 11.8 Å². The summed E-state index contributed by atoms with van der Waals surface area (Å²) in [5.41, 5.74) is -0.442. The van der Waals surface area contributed by atoms with E-state index in [-0.39, 0.29) is 18.4 Å². The molecule has 18 heavy (non-hydrogen) atoms. The summed E-state index contributed by atoms with van der Waals surface area (Å²) >= 11 is 0. The van der Waals surface area contributed by atoms with E-state index in [9.17, 15) is 9.59 Å². The molecule has 1 aliphatic heterocycles. The van der Waals surface area contributed by atoms with Crippen LogP contribution in [0.1, 0.15) is 41.0 Å². The Hall–Kier alpha value is -1.06. The van der Waals surface area contributed by atoms with E-state index in [1.807, 2.05) is 25.7 Å². The highest BCUT2D eigenvalue weighted by atomic mass is 16.2. The highest BCUT2D eigenvalue weighted by Crippen LogP contribution is 2.20. The number of carbonyl (C=O) groups is 2. The highest BCUT2D eigenvalue weighted by molar-refractivity contribution is 5.87. The third-order valence-corrected chi connectivity index (χ3v) is 3.30. The number of rotatable bonds is 2. The molecule has 0 radical (unpaired) electrons. The summed E-state index contributed by atoms with van der Waals surface area (Å²) in [7, 11) is 0. The molecular weight excluding hydrogens is 228 g/mol. The van der Waals surface area contributed by atoms with Crippen molar-refractivity contribution in [1.82, 2.24) is 10.2 Å². The lowest BCUT2D eigenvalue weighted by molar-refractivity contribution is -0.136. The van der Waals surface area contributed by atoms with Gasteiger partial charge >= 0.3 is 0 Å². The number of amides is 2. The minimum absolute atomic E-state index is 0.0333. The summed E-state index contributed by atoms with van der Waals surface area (Å²) in [6.45, 7) is 11.6. The molecule has 1 saturated heterocycles. The SMILES string of the molecule is CC1CC(C)CN(C(=O)CNC(=O)C(C)(C)C)C1. The Morgan fingerprint density at radius 2 is 1.67 bits per heavy atom. The number of likely N-dealkylation sites (tertiary alicyclic amines) is 1. The van der Waals surface area contributed by atoms with Crippen LogP contribution in [0, 0.1) is 17.3 Å². The molecule has 1 fully saturated rings. The summed E-state index contributed by atoms with van der Waals surface area (Å²) in [6, 6.07) is 0. The van der Waals surface area contributed by atoms with Gasteiger partial charge < -0.3 is 10.2 Å². The smallest absolute Gasteiger partial charge is 0.241 e. The molecule has 1 N–H and O–H groups in total. The molecule has 0 spiro atoms. The summed E-state index contributed by atoms with van der Waals surface area (Å²) in [6.07, 6.45) is 1.18. The normalized spacial score (nSPS) is 24.8. The van der Waals surface area contributed by atoms with Crippen molar-refractivity contribution in [3.8, 4) is 0 Å².